The zero-order valence-corrected chi connectivity index (χ0v) is 10.7. The highest BCUT2D eigenvalue weighted by Crippen LogP contribution is 1.93. The fourth-order valence-electron chi connectivity index (χ4n) is 1.68. The minimum atomic E-state index is 0.0386. The van der Waals surface area contributed by atoms with Gasteiger partial charge < -0.3 is 15.2 Å². The molecule has 0 radical (unpaired) electrons. The highest BCUT2D eigenvalue weighted by atomic mass is 16.1. The lowest BCUT2D eigenvalue weighted by atomic mass is 10.3. The molecular formula is C12H22N4O. The molecule has 1 aromatic heterocycles. The molecule has 1 heterocycles. The zero-order valence-electron chi connectivity index (χ0n) is 10.7. The van der Waals surface area contributed by atoms with Crippen molar-refractivity contribution in [3.05, 3.63) is 18.2 Å². The first-order valence-corrected chi connectivity index (χ1v) is 6.23. The molecule has 0 unspecified atom stereocenters. The van der Waals surface area contributed by atoms with Crippen molar-refractivity contribution in [2.75, 3.05) is 26.2 Å². The van der Waals surface area contributed by atoms with Gasteiger partial charge in [-0.2, -0.15) is 0 Å². The molecule has 0 saturated carbocycles. The predicted molar refractivity (Wildman–Crippen MR) is 67.7 cm³/mol. The van der Waals surface area contributed by atoms with Crippen molar-refractivity contribution in [1.29, 1.82) is 0 Å². The molecule has 17 heavy (non-hydrogen) atoms. The summed E-state index contributed by atoms with van der Waals surface area (Å²) in [7, 11) is 0. The summed E-state index contributed by atoms with van der Waals surface area (Å²) >= 11 is 0. The third kappa shape index (κ3) is 5.49. The molecule has 5 heteroatoms. The molecular weight excluding hydrogens is 216 g/mol. The van der Waals surface area contributed by atoms with Crippen molar-refractivity contribution in [2.45, 2.75) is 26.7 Å². The molecule has 0 saturated heterocycles. The number of aromatic nitrogens is 2. The maximum Gasteiger partial charge on any atom is 0.226 e. The number of carbonyl (C=O) groups excluding carboxylic acids is 1. The van der Waals surface area contributed by atoms with Crippen LogP contribution < -0.4 is 5.32 Å². The quantitative estimate of drug-likeness (QED) is 0.659. The molecule has 0 spiro atoms. The van der Waals surface area contributed by atoms with Crippen molar-refractivity contribution in [3.8, 4) is 0 Å². The Morgan fingerprint density at radius 2 is 2.24 bits per heavy atom. The second kappa shape index (κ2) is 7.84. The number of hydrogen-bond donors (Lipinski definition) is 2. The van der Waals surface area contributed by atoms with E-state index in [1.807, 2.05) is 0 Å². The van der Waals surface area contributed by atoms with E-state index in [9.17, 15) is 4.79 Å². The van der Waals surface area contributed by atoms with E-state index in [-0.39, 0.29) is 5.91 Å². The standard InChI is InChI=1S/C12H22N4O/c1-3-16(4-2)7-5-6-14-12(17)8-11-9-13-10-15-11/h9-10H,3-8H2,1-2H3,(H,13,15)(H,14,17). The van der Waals surface area contributed by atoms with Crippen molar-refractivity contribution in [2.24, 2.45) is 0 Å². The number of aromatic amines is 1. The number of imidazole rings is 1. The summed E-state index contributed by atoms with van der Waals surface area (Å²) in [6.45, 7) is 8.21. The molecule has 0 fully saturated rings. The summed E-state index contributed by atoms with van der Waals surface area (Å²) in [6, 6.07) is 0. The van der Waals surface area contributed by atoms with Gasteiger partial charge in [-0.25, -0.2) is 4.98 Å². The topological polar surface area (TPSA) is 61.0 Å². The minimum Gasteiger partial charge on any atom is -0.356 e. The van der Waals surface area contributed by atoms with Crippen LogP contribution in [0.2, 0.25) is 0 Å². The van der Waals surface area contributed by atoms with Crippen molar-refractivity contribution >= 4 is 5.91 Å². The lowest BCUT2D eigenvalue weighted by molar-refractivity contribution is -0.120. The Kier molecular flexibility index (Phi) is 6.32. The van der Waals surface area contributed by atoms with Gasteiger partial charge in [0.15, 0.2) is 0 Å². The van der Waals surface area contributed by atoms with E-state index in [4.69, 9.17) is 0 Å². The fraction of sp³-hybridized carbons (Fsp3) is 0.667. The number of H-pyrrole nitrogens is 1. The summed E-state index contributed by atoms with van der Waals surface area (Å²) in [6.07, 6.45) is 4.68. The number of nitrogens with zero attached hydrogens (tertiary/aromatic N) is 2. The molecule has 96 valence electrons. The number of rotatable bonds is 8. The van der Waals surface area contributed by atoms with Crippen molar-refractivity contribution in [1.82, 2.24) is 20.2 Å². The van der Waals surface area contributed by atoms with E-state index in [2.05, 4.69) is 34.0 Å². The van der Waals surface area contributed by atoms with Crippen LogP contribution in [0.4, 0.5) is 0 Å². The lowest BCUT2D eigenvalue weighted by Crippen LogP contribution is -2.30. The van der Waals surface area contributed by atoms with Gasteiger partial charge in [-0.05, 0) is 26.1 Å². The van der Waals surface area contributed by atoms with E-state index in [0.717, 1.165) is 38.3 Å². The third-order valence-electron chi connectivity index (χ3n) is 2.76. The predicted octanol–water partition coefficient (Wildman–Crippen LogP) is 0.800. The van der Waals surface area contributed by atoms with Gasteiger partial charge in [0.1, 0.15) is 0 Å². The Morgan fingerprint density at radius 1 is 1.47 bits per heavy atom. The summed E-state index contributed by atoms with van der Waals surface area (Å²) in [4.78, 5) is 20.7. The maximum absolute atomic E-state index is 11.5. The molecule has 1 amide bonds. The number of carbonyl (C=O) groups is 1. The molecule has 0 aromatic carbocycles. The van der Waals surface area contributed by atoms with Gasteiger partial charge in [0, 0.05) is 12.7 Å². The number of nitrogens with one attached hydrogen (secondary N) is 2. The van der Waals surface area contributed by atoms with Crippen LogP contribution in [0.1, 0.15) is 26.0 Å². The monoisotopic (exact) mass is 238 g/mol. The molecule has 0 aliphatic heterocycles. The smallest absolute Gasteiger partial charge is 0.226 e. The Morgan fingerprint density at radius 3 is 2.82 bits per heavy atom. The molecule has 0 aliphatic rings. The number of amides is 1. The molecule has 1 rings (SSSR count). The zero-order chi connectivity index (χ0) is 12.5. The van der Waals surface area contributed by atoms with Crippen LogP contribution in [-0.2, 0) is 11.2 Å². The molecule has 2 N–H and O–H groups in total. The van der Waals surface area contributed by atoms with Crippen LogP contribution in [0.3, 0.4) is 0 Å². The first-order valence-electron chi connectivity index (χ1n) is 6.23. The Hall–Kier alpha value is -1.36. The highest BCUT2D eigenvalue weighted by Gasteiger charge is 2.04. The highest BCUT2D eigenvalue weighted by molar-refractivity contribution is 5.77. The second-order valence-electron chi connectivity index (χ2n) is 3.97. The summed E-state index contributed by atoms with van der Waals surface area (Å²) in [5.41, 5.74) is 0.784. The summed E-state index contributed by atoms with van der Waals surface area (Å²) in [5, 5.41) is 2.90. The van der Waals surface area contributed by atoms with Gasteiger partial charge in [0.2, 0.25) is 5.91 Å². The average molecular weight is 238 g/mol. The molecule has 0 aliphatic carbocycles. The molecule has 1 aromatic rings. The van der Waals surface area contributed by atoms with Crippen LogP contribution in [0.25, 0.3) is 0 Å². The maximum atomic E-state index is 11.5. The van der Waals surface area contributed by atoms with Gasteiger partial charge in [-0.3, -0.25) is 4.79 Å². The lowest BCUT2D eigenvalue weighted by Gasteiger charge is -2.17. The van der Waals surface area contributed by atoms with Crippen molar-refractivity contribution in [3.63, 3.8) is 0 Å². The van der Waals surface area contributed by atoms with E-state index in [1.165, 1.54) is 0 Å². The van der Waals surface area contributed by atoms with Crippen LogP contribution in [-0.4, -0.2) is 47.0 Å². The molecule has 0 atom stereocenters. The Bertz CT molecular complexity index is 306. The van der Waals surface area contributed by atoms with Crippen LogP contribution in [0.15, 0.2) is 12.5 Å². The first-order chi connectivity index (χ1) is 8.26. The summed E-state index contributed by atoms with van der Waals surface area (Å²) in [5.74, 6) is 0.0386. The molecule has 5 nitrogen and oxygen atoms in total. The molecule has 0 bridgehead atoms. The van der Waals surface area contributed by atoms with E-state index in [0.29, 0.717) is 6.42 Å². The van der Waals surface area contributed by atoms with Crippen LogP contribution in [0.5, 0.6) is 0 Å². The Balaban J connectivity index is 2.08. The first kappa shape index (κ1) is 13.7. The number of hydrogen-bond acceptors (Lipinski definition) is 3. The fourth-order valence-corrected chi connectivity index (χ4v) is 1.68. The minimum absolute atomic E-state index is 0.0386. The van der Waals surface area contributed by atoms with E-state index >= 15 is 0 Å². The SMILES string of the molecule is CCN(CC)CCCNC(=O)Cc1c[nH]cn1. The Labute approximate surface area is 103 Å². The van der Waals surface area contributed by atoms with Crippen LogP contribution in [0, 0.1) is 0 Å². The largest absolute Gasteiger partial charge is 0.356 e. The second-order valence-corrected chi connectivity index (χ2v) is 3.97. The van der Waals surface area contributed by atoms with E-state index < -0.39 is 0 Å². The van der Waals surface area contributed by atoms with E-state index in [1.54, 1.807) is 12.5 Å². The van der Waals surface area contributed by atoms with Gasteiger partial charge in [0.25, 0.3) is 0 Å². The summed E-state index contributed by atoms with van der Waals surface area (Å²) < 4.78 is 0. The van der Waals surface area contributed by atoms with Gasteiger partial charge >= 0.3 is 0 Å². The average Bonchev–Trinajstić information content (AvgIpc) is 2.82. The van der Waals surface area contributed by atoms with Gasteiger partial charge in [-0.1, -0.05) is 13.8 Å². The van der Waals surface area contributed by atoms with Gasteiger partial charge in [-0.15, -0.1) is 0 Å². The third-order valence-corrected chi connectivity index (χ3v) is 2.76. The normalized spacial score (nSPS) is 10.8. The van der Waals surface area contributed by atoms with Gasteiger partial charge in [0.05, 0.1) is 18.4 Å². The van der Waals surface area contributed by atoms with Crippen molar-refractivity contribution < 1.29 is 4.79 Å². The van der Waals surface area contributed by atoms with Crippen LogP contribution >= 0.6 is 0 Å².